The first-order valence-electron chi connectivity index (χ1n) is 11.9. The summed E-state index contributed by atoms with van der Waals surface area (Å²) in [6.07, 6.45) is 1.27. The van der Waals surface area contributed by atoms with Crippen molar-refractivity contribution in [2.24, 2.45) is 0 Å². The maximum Gasteiger partial charge on any atom is 0.338 e. The van der Waals surface area contributed by atoms with E-state index in [1.807, 2.05) is 0 Å². The second-order valence-corrected chi connectivity index (χ2v) is 8.34. The number of amides is 4. The minimum atomic E-state index is -0.951. The SMILES string of the molecule is CCOC(=O)c1ccc(N2C(=O)NC(=O)/C(=C\c3ccc(OC)cc3OCc3cccc([N+](=O)[O-])c3)C2=O)cc1. The number of urea groups is 1. The van der Waals surface area contributed by atoms with Crippen LogP contribution in [0.3, 0.4) is 0 Å². The van der Waals surface area contributed by atoms with Gasteiger partial charge in [0.25, 0.3) is 17.5 Å². The second-order valence-electron chi connectivity index (χ2n) is 8.34. The van der Waals surface area contributed by atoms with E-state index in [9.17, 15) is 29.3 Å². The lowest BCUT2D eigenvalue weighted by Crippen LogP contribution is -2.54. The molecule has 0 bridgehead atoms. The predicted octanol–water partition coefficient (Wildman–Crippen LogP) is 4.03. The van der Waals surface area contributed by atoms with E-state index in [-0.39, 0.29) is 41.5 Å². The van der Waals surface area contributed by atoms with Gasteiger partial charge < -0.3 is 14.2 Å². The van der Waals surface area contributed by atoms with Crippen LogP contribution < -0.4 is 19.7 Å². The van der Waals surface area contributed by atoms with Crippen LogP contribution in [0.1, 0.15) is 28.4 Å². The van der Waals surface area contributed by atoms with Crippen LogP contribution in [0.2, 0.25) is 0 Å². The lowest BCUT2D eigenvalue weighted by molar-refractivity contribution is -0.384. The third kappa shape index (κ3) is 5.96. The Hall–Kier alpha value is -5.52. The van der Waals surface area contributed by atoms with Gasteiger partial charge in [-0.15, -0.1) is 0 Å². The number of nitrogens with one attached hydrogen (secondary N) is 1. The van der Waals surface area contributed by atoms with Crippen LogP contribution in [0.5, 0.6) is 11.5 Å². The highest BCUT2D eigenvalue weighted by molar-refractivity contribution is 6.39. The van der Waals surface area contributed by atoms with E-state index in [1.54, 1.807) is 25.1 Å². The van der Waals surface area contributed by atoms with Crippen molar-refractivity contribution in [2.75, 3.05) is 18.6 Å². The minimum absolute atomic E-state index is 0.0530. The number of methoxy groups -OCH3 is 1. The second kappa shape index (κ2) is 11.9. The van der Waals surface area contributed by atoms with E-state index in [1.165, 1.54) is 61.7 Å². The number of hydrogen-bond acceptors (Lipinski definition) is 9. The van der Waals surface area contributed by atoms with Gasteiger partial charge in [-0.05, 0) is 55.0 Å². The third-order valence-corrected chi connectivity index (χ3v) is 5.77. The molecule has 1 aliphatic heterocycles. The summed E-state index contributed by atoms with van der Waals surface area (Å²) in [5, 5.41) is 13.2. The summed E-state index contributed by atoms with van der Waals surface area (Å²) >= 11 is 0. The maximum absolute atomic E-state index is 13.3. The average Bonchev–Trinajstić information content (AvgIpc) is 2.95. The van der Waals surface area contributed by atoms with Crippen molar-refractivity contribution >= 4 is 41.3 Å². The molecule has 0 aromatic heterocycles. The molecule has 4 amide bonds. The van der Waals surface area contributed by atoms with Crippen LogP contribution in [0.25, 0.3) is 6.08 Å². The summed E-state index contributed by atoms with van der Waals surface area (Å²) in [5.74, 6) is -1.71. The molecular formula is C28H23N3O9. The molecule has 0 saturated carbocycles. The Morgan fingerprint density at radius 2 is 1.80 bits per heavy atom. The minimum Gasteiger partial charge on any atom is -0.497 e. The highest BCUT2D eigenvalue weighted by atomic mass is 16.6. The van der Waals surface area contributed by atoms with Crippen molar-refractivity contribution in [1.29, 1.82) is 0 Å². The molecule has 12 nitrogen and oxygen atoms in total. The van der Waals surface area contributed by atoms with Crippen LogP contribution in [0, 0.1) is 10.1 Å². The number of non-ortho nitro benzene ring substituents is 1. The summed E-state index contributed by atoms with van der Waals surface area (Å²) in [4.78, 5) is 61.9. The van der Waals surface area contributed by atoms with Crippen molar-refractivity contribution in [2.45, 2.75) is 13.5 Å². The van der Waals surface area contributed by atoms with Gasteiger partial charge in [0.2, 0.25) is 0 Å². The predicted molar refractivity (Wildman–Crippen MR) is 142 cm³/mol. The fourth-order valence-corrected chi connectivity index (χ4v) is 3.82. The van der Waals surface area contributed by atoms with Crippen LogP contribution in [0.15, 0.2) is 72.3 Å². The number of hydrogen-bond donors (Lipinski definition) is 1. The van der Waals surface area contributed by atoms with Crippen LogP contribution >= 0.6 is 0 Å². The fourth-order valence-electron chi connectivity index (χ4n) is 3.82. The number of carbonyl (C=O) groups is 4. The summed E-state index contributed by atoms with van der Waals surface area (Å²) < 4.78 is 16.1. The molecule has 4 rings (SSSR count). The Bertz CT molecular complexity index is 1530. The largest absolute Gasteiger partial charge is 0.497 e. The molecule has 1 saturated heterocycles. The zero-order valence-electron chi connectivity index (χ0n) is 21.4. The van der Waals surface area contributed by atoms with E-state index in [0.29, 0.717) is 16.9 Å². The number of anilines is 1. The number of nitrogens with zero attached hydrogens (tertiary/aromatic N) is 2. The van der Waals surface area contributed by atoms with Gasteiger partial charge in [0.15, 0.2) is 0 Å². The van der Waals surface area contributed by atoms with Crippen molar-refractivity contribution in [3.05, 3.63) is 99.1 Å². The van der Waals surface area contributed by atoms with Crippen molar-refractivity contribution in [1.82, 2.24) is 5.32 Å². The Labute approximate surface area is 227 Å². The topological polar surface area (TPSA) is 154 Å². The Morgan fingerprint density at radius 1 is 1.05 bits per heavy atom. The van der Waals surface area contributed by atoms with Crippen molar-refractivity contribution in [3.63, 3.8) is 0 Å². The summed E-state index contributed by atoms with van der Waals surface area (Å²) in [6.45, 7) is 1.80. The van der Waals surface area contributed by atoms with E-state index in [0.717, 1.165) is 4.90 Å². The first-order valence-corrected chi connectivity index (χ1v) is 11.9. The first-order chi connectivity index (χ1) is 19.2. The van der Waals surface area contributed by atoms with Crippen LogP contribution in [-0.2, 0) is 20.9 Å². The first kappa shape index (κ1) is 27.5. The van der Waals surface area contributed by atoms with E-state index in [2.05, 4.69) is 5.32 Å². The molecule has 3 aromatic carbocycles. The van der Waals surface area contributed by atoms with Crippen LogP contribution in [-0.4, -0.2) is 42.5 Å². The highest BCUT2D eigenvalue weighted by Gasteiger charge is 2.37. The Morgan fingerprint density at radius 3 is 2.48 bits per heavy atom. The van der Waals surface area contributed by atoms with Gasteiger partial charge in [-0.3, -0.25) is 25.0 Å². The number of carbonyl (C=O) groups excluding carboxylic acids is 4. The molecule has 0 radical (unpaired) electrons. The zero-order chi connectivity index (χ0) is 28.8. The normalized spacial score (nSPS) is 14.1. The molecule has 1 aliphatic rings. The molecular weight excluding hydrogens is 522 g/mol. The zero-order valence-corrected chi connectivity index (χ0v) is 21.4. The Balaban J connectivity index is 1.64. The van der Waals surface area contributed by atoms with Gasteiger partial charge in [0.05, 0.1) is 29.9 Å². The molecule has 12 heteroatoms. The van der Waals surface area contributed by atoms with E-state index in [4.69, 9.17) is 14.2 Å². The molecule has 0 unspecified atom stereocenters. The molecule has 1 heterocycles. The van der Waals surface area contributed by atoms with Gasteiger partial charge in [0.1, 0.15) is 23.7 Å². The molecule has 3 aromatic rings. The molecule has 1 fully saturated rings. The van der Waals surface area contributed by atoms with E-state index < -0.39 is 28.7 Å². The number of rotatable bonds is 9. The number of nitro benzene ring substituents is 1. The van der Waals surface area contributed by atoms with Crippen molar-refractivity contribution in [3.8, 4) is 11.5 Å². The lowest BCUT2D eigenvalue weighted by Gasteiger charge is -2.26. The van der Waals surface area contributed by atoms with Gasteiger partial charge in [-0.25, -0.2) is 14.5 Å². The average molecular weight is 546 g/mol. The third-order valence-electron chi connectivity index (χ3n) is 5.77. The summed E-state index contributed by atoms with van der Waals surface area (Å²) in [5.41, 5.74) is 0.747. The number of benzene rings is 3. The lowest BCUT2D eigenvalue weighted by atomic mass is 10.1. The Kier molecular flexibility index (Phi) is 8.19. The van der Waals surface area contributed by atoms with Gasteiger partial charge in [-0.2, -0.15) is 0 Å². The number of ether oxygens (including phenoxy) is 3. The molecule has 40 heavy (non-hydrogen) atoms. The molecule has 0 aliphatic carbocycles. The maximum atomic E-state index is 13.3. The number of nitro groups is 1. The molecule has 1 N–H and O–H groups in total. The van der Waals surface area contributed by atoms with Crippen molar-refractivity contribution < 1.29 is 38.3 Å². The molecule has 0 spiro atoms. The smallest absolute Gasteiger partial charge is 0.338 e. The monoisotopic (exact) mass is 545 g/mol. The highest BCUT2D eigenvalue weighted by Crippen LogP contribution is 2.30. The van der Waals surface area contributed by atoms with E-state index >= 15 is 0 Å². The summed E-state index contributed by atoms with van der Waals surface area (Å²) in [6, 6.07) is 15.2. The quantitative estimate of drug-likeness (QED) is 0.138. The molecule has 0 atom stereocenters. The van der Waals surface area contributed by atoms with Gasteiger partial charge in [-0.1, -0.05) is 12.1 Å². The fraction of sp³-hybridized carbons (Fsp3) is 0.143. The van der Waals surface area contributed by atoms with Gasteiger partial charge in [0, 0.05) is 23.8 Å². The van der Waals surface area contributed by atoms with Gasteiger partial charge >= 0.3 is 12.0 Å². The molecule has 204 valence electrons. The number of barbiturate groups is 1. The summed E-state index contributed by atoms with van der Waals surface area (Å²) in [7, 11) is 1.45. The number of imide groups is 2. The number of esters is 1. The van der Waals surface area contributed by atoms with Crippen LogP contribution in [0.4, 0.5) is 16.2 Å². The standard InChI is InChI=1S/C28H23N3O9/c1-3-39-27(34)18-7-10-20(11-8-18)30-26(33)23(25(32)29-28(30)35)14-19-9-12-22(38-2)15-24(19)40-16-17-5-4-6-21(13-17)31(36)37/h4-15H,3,16H2,1-2H3,(H,29,32,35)/b23-14+.